The summed E-state index contributed by atoms with van der Waals surface area (Å²) >= 11 is 7.28. The molecule has 0 aliphatic heterocycles. The summed E-state index contributed by atoms with van der Waals surface area (Å²) in [7, 11) is 0. The van der Waals surface area contributed by atoms with Gasteiger partial charge in [0, 0.05) is 16.5 Å². The van der Waals surface area contributed by atoms with E-state index in [1.54, 1.807) is 6.92 Å². The van der Waals surface area contributed by atoms with Crippen LogP contribution in [-0.2, 0) is 11.2 Å². The number of unbranched alkanes of at least 4 members (excludes halogenated alkanes) is 2. The van der Waals surface area contributed by atoms with Crippen molar-refractivity contribution in [3.05, 3.63) is 61.2 Å². The lowest BCUT2D eigenvalue weighted by molar-refractivity contribution is -0.113. The number of ether oxygens (including phenoxy) is 1. The molecular formula is C24H26Br2O3. The fourth-order valence-electron chi connectivity index (χ4n) is 3.57. The summed E-state index contributed by atoms with van der Waals surface area (Å²) in [6.45, 7) is 5.89. The predicted molar refractivity (Wildman–Crippen MR) is 125 cm³/mol. The summed E-state index contributed by atoms with van der Waals surface area (Å²) in [5, 5.41) is 9.88. The highest BCUT2D eigenvalue weighted by Gasteiger charge is 2.21. The van der Waals surface area contributed by atoms with Crippen LogP contribution in [-0.4, -0.2) is 17.5 Å². The molecule has 0 amide bonds. The Balaban J connectivity index is 1.57. The topological polar surface area (TPSA) is 46.5 Å². The van der Waals surface area contributed by atoms with Crippen LogP contribution in [0.4, 0.5) is 0 Å². The number of ketones is 1. The van der Waals surface area contributed by atoms with E-state index in [1.807, 2.05) is 0 Å². The average Bonchev–Trinajstić information content (AvgIpc) is 2.99. The SMILES string of the molecule is CC(=O)C(C)=C(O)CCCCCOc1cc2c(cc1Br)Cc1cc(Br)c(C)cc1-2. The third-order valence-electron chi connectivity index (χ3n) is 5.49. The minimum Gasteiger partial charge on any atom is -0.512 e. The van der Waals surface area contributed by atoms with Gasteiger partial charge in [0.1, 0.15) is 5.75 Å². The molecule has 29 heavy (non-hydrogen) atoms. The molecular weight excluding hydrogens is 496 g/mol. The Morgan fingerprint density at radius 3 is 2.34 bits per heavy atom. The third kappa shape index (κ3) is 5.13. The number of aryl methyl sites for hydroxylation is 1. The van der Waals surface area contributed by atoms with Crippen LogP contribution in [0, 0.1) is 6.92 Å². The van der Waals surface area contributed by atoms with Crippen molar-refractivity contribution < 1.29 is 14.6 Å². The first kappa shape index (κ1) is 22.1. The minimum absolute atomic E-state index is 0.0728. The Morgan fingerprint density at radius 1 is 1.00 bits per heavy atom. The van der Waals surface area contributed by atoms with Crippen LogP contribution in [0.15, 0.2) is 44.5 Å². The number of benzene rings is 2. The standard InChI is InChI=1S/C24H26Br2O3/c1-14-9-19-17(11-21(14)25)10-18-12-22(26)24(13-20(18)19)29-8-6-4-5-7-23(28)15(2)16(3)27/h9,11-13,28H,4-8,10H2,1-3H3. The first-order chi connectivity index (χ1) is 13.8. The van der Waals surface area contributed by atoms with Crippen molar-refractivity contribution in [1.82, 2.24) is 0 Å². The van der Waals surface area contributed by atoms with Gasteiger partial charge in [0.15, 0.2) is 5.78 Å². The van der Waals surface area contributed by atoms with E-state index in [0.29, 0.717) is 18.6 Å². The number of carbonyl (C=O) groups excluding carboxylic acids is 1. The summed E-state index contributed by atoms with van der Waals surface area (Å²) in [5.41, 5.74) is 6.91. The van der Waals surface area contributed by atoms with E-state index in [4.69, 9.17) is 4.74 Å². The van der Waals surface area contributed by atoms with E-state index in [0.717, 1.165) is 40.4 Å². The molecule has 0 saturated carbocycles. The Bertz CT molecular complexity index is 977. The molecule has 0 spiro atoms. The van der Waals surface area contributed by atoms with Crippen LogP contribution < -0.4 is 4.74 Å². The van der Waals surface area contributed by atoms with Gasteiger partial charge in [-0.3, -0.25) is 4.79 Å². The first-order valence-corrected chi connectivity index (χ1v) is 11.5. The number of hydrogen-bond acceptors (Lipinski definition) is 3. The molecule has 0 aromatic heterocycles. The molecule has 0 unspecified atom stereocenters. The number of allylic oxidation sites excluding steroid dienone is 2. The maximum absolute atomic E-state index is 11.3. The van der Waals surface area contributed by atoms with Gasteiger partial charge < -0.3 is 9.84 Å². The molecule has 5 heteroatoms. The number of carbonyl (C=O) groups is 1. The number of rotatable bonds is 8. The van der Waals surface area contributed by atoms with Gasteiger partial charge in [0.05, 0.1) is 16.8 Å². The molecule has 0 atom stereocenters. The maximum atomic E-state index is 11.3. The second kappa shape index (κ2) is 9.48. The van der Waals surface area contributed by atoms with Gasteiger partial charge in [0.2, 0.25) is 0 Å². The van der Waals surface area contributed by atoms with E-state index in [-0.39, 0.29) is 11.5 Å². The highest BCUT2D eigenvalue weighted by Crippen LogP contribution is 2.43. The second-order valence-corrected chi connectivity index (χ2v) is 9.37. The second-order valence-electron chi connectivity index (χ2n) is 7.66. The van der Waals surface area contributed by atoms with Crippen molar-refractivity contribution in [3.8, 4) is 16.9 Å². The van der Waals surface area contributed by atoms with Gasteiger partial charge in [0.25, 0.3) is 0 Å². The summed E-state index contributed by atoms with van der Waals surface area (Å²) in [5.74, 6) is 1.00. The van der Waals surface area contributed by atoms with Crippen molar-refractivity contribution in [2.75, 3.05) is 6.61 Å². The van der Waals surface area contributed by atoms with E-state index < -0.39 is 0 Å². The average molecular weight is 522 g/mol. The zero-order valence-electron chi connectivity index (χ0n) is 17.1. The molecule has 2 aromatic carbocycles. The number of fused-ring (bicyclic) bond motifs is 3. The van der Waals surface area contributed by atoms with E-state index >= 15 is 0 Å². The number of hydrogen-bond donors (Lipinski definition) is 1. The normalized spacial score (nSPS) is 13.0. The number of halogens is 2. The predicted octanol–water partition coefficient (Wildman–Crippen LogP) is 7.45. The lowest BCUT2D eigenvalue weighted by Gasteiger charge is -2.11. The van der Waals surface area contributed by atoms with Gasteiger partial charge in [-0.25, -0.2) is 0 Å². The Morgan fingerprint density at radius 2 is 1.66 bits per heavy atom. The molecule has 0 heterocycles. The van der Waals surface area contributed by atoms with Crippen LogP contribution in [0.5, 0.6) is 5.75 Å². The first-order valence-electron chi connectivity index (χ1n) is 9.92. The summed E-state index contributed by atoms with van der Waals surface area (Å²) in [4.78, 5) is 11.3. The molecule has 0 saturated heterocycles. The molecule has 0 radical (unpaired) electrons. The quantitative estimate of drug-likeness (QED) is 0.190. The highest BCUT2D eigenvalue weighted by molar-refractivity contribution is 9.10. The fourth-order valence-corrected chi connectivity index (χ4v) is 4.47. The smallest absolute Gasteiger partial charge is 0.158 e. The Kier molecular flexibility index (Phi) is 7.23. The van der Waals surface area contributed by atoms with Crippen LogP contribution in [0.2, 0.25) is 0 Å². The monoisotopic (exact) mass is 520 g/mol. The van der Waals surface area contributed by atoms with Gasteiger partial charge >= 0.3 is 0 Å². The Hall–Kier alpha value is -1.59. The zero-order valence-corrected chi connectivity index (χ0v) is 20.2. The van der Waals surface area contributed by atoms with E-state index in [2.05, 4.69) is 63.0 Å². The van der Waals surface area contributed by atoms with Gasteiger partial charge in [-0.15, -0.1) is 0 Å². The van der Waals surface area contributed by atoms with Crippen molar-refractivity contribution in [3.63, 3.8) is 0 Å². The molecule has 3 nitrogen and oxygen atoms in total. The summed E-state index contributed by atoms with van der Waals surface area (Å²) in [6, 6.07) is 8.77. The molecule has 0 fully saturated rings. The van der Waals surface area contributed by atoms with Crippen LogP contribution in [0.1, 0.15) is 56.2 Å². The minimum atomic E-state index is -0.0728. The molecule has 1 N–H and O–H groups in total. The molecule has 1 aliphatic rings. The summed E-state index contributed by atoms with van der Waals surface area (Å²) < 4.78 is 8.17. The van der Waals surface area contributed by atoms with Crippen molar-refractivity contribution in [2.45, 2.75) is 52.9 Å². The number of aliphatic hydroxyl groups is 1. The van der Waals surface area contributed by atoms with Crippen LogP contribution in [0.3, 0.4) is 0 Å². The summed E-state index contributed by atoms with van der Waals surface area (Å²) in [6.07, 6.45) is 4.16. The van der Waals surface area contributed by atoms with Crippen molar-refractivity contribution in [1.29, 1.82) is 0 Å². The van der Waals surface area contributed by atoms with Gasteiger partial charge in [-0.2, -0.15) is 0 Å². The zero-order chi connectivity index (χ0) is 21.1. The molecule has 3 rings (SSSR count). The molecule has 0 bridgehead atoms. The van der Waals surface area contributed by atoms with Crippen molar-refractivity contribution in [2.24, 2.45) is 0 Å². The van der Waals surface area contributed by atoms with Crippen LogP contribution in [0.25, 0.3) is 11.1 Å². The van der Waals surface area contributed by atoms with Gasteiger partial charge in [-0.1, -0.05) is 22.0 Å². The third-order valence-corrected chi connectivity index (χ3v) is 6.96. The largest absolute Gasteiger partial charge is 0.512 e. The lowest BCUT2D eigenvalue weighted by atomic mass is 10.0. The van der Waals surface area contributed by atoms with Gasteiger partial charge in [-0.05, 0) is 108 Å². The Labute approximate surface area is 189 Å². The van der Waals surface area contributed by atoms with E-state index in [1.165, 1.54) is 34.7 Å². The van der Waals surface area contributed by atoms with Crippen LogP contribution >= 0.6 is 31.9 Å². The molecule has 154 valence electrons. The number of aliphatic hydroxyl groups excluding tert-OH is 1. The van der Waals surface area contributed by atoms with E-state index in [9.17, 15) is 9.90 Å². The maximum Gasteiger partial charge on any atom is 0.158 e. The fraction of sp³-hybridized carbons (Fsp3) is 0.375. The number of Topliss-reactive ketones (excluding diaryl/α,β-unsaturated/α-hetero) is 1. The molecule has 1 aliphatic carbocycles. The molecule has 2 aromatic rings. The lowest BCUT2D eigenvalue weighted by Crippen LogP contribution is -2.00. The van der Waals surface area contributed by atoms with Crippen molar-refractivity contribution >= 4 is 37.6 Å². The highest BCUT2D eigenvalue weighted by atomic mass is 79.9.